The molecule has 19 heavy (non-hydrogen) atoms. The smallest absolute Gasteiger partial charge is 0.318 e. The summed E-state index contributed by atoms with van der Waals surface area (Å²) in [6, 6.07) is 9.82. The summed E-state index contributed by atoms with van der Waals surface area (Å²) in [7, 11) is 0. The van der Waals surface area contributed by atoms with Crippen molar-refractivity contribution in [2.45, 2.75) is 26.3 Å². The molecule has 0 N–H and O–H groups in total. The highest BCUT2D eigenvalue weighted by Crippen LogP contribution is 2.21. The van der Waals surface area contributed by atoms with Crippen LogP contribution in [0.1, 0.15) is 25.3 Å². The lowest BCUT2D eigenvalue weighted by atomic mass is 9.96. The molecule has 4 heteroatoms. The fourth-order valence-corrected chi connectivity index (χ4v) is 2.36. The highest BCUT2D eigenvalue weighted by atomic mass is 16.5. The molecule has 1 heterocycles. The Balaban J connectivity index is 2.02. The van der Waals surface area contributed by atoms with Crippen LogP contribution in [0.2, 0.25) is 0 Å². The summed E-state index contributed by atoms with van der Waals surface area (Å²) in [5, 5.41) is 0. The van der Waals surface area contributed by atoms with E-state index in [1.165, 1.54) is 0 Å². The maximum absolute atomic E-state index is 12.3. The van der Waals surface area contributed by atoms with Gasteiger partial charge >= 0.3 is 5.97 Å². The van der Waals surface area contributed by atoms with Gasteiger partial charge in [0.25, 0.3) is 0 Å². The van der Waals surface area contributed by atoms with E-state index in [0.717, 1.165) is 12.0 Å². The number of esters is 1. The van der Waals surface area contributed by atoms with Gasteiger partial charge < -0.3 is 9.64 Å². The molecule has 1 aromatic carbocycles. The van der Waals surface area contributed by atoms with E-state index in [2.05, 4.69) is 0 Å². The largest absolute Gasteiger partial charge is 0.465 e. The highest BCUT2D eigenvalue weighted by molar-refractivity contribution is 5.98. The Morgan fingerprint density at radius 2 is 2.11 bits per heavy atom. The van der Waals surface area contributed by atoms with Gasteiger partial charge in [-0.05, 0) is 25.3 Å². The summed E-state index contributed by atoms with van der Waals surface area (Å²) in [6.07, 6.45) is 1.45. The van der Waals surface area contributed by atoms with Crippen LogP contribution in [0.3, 0.4) is 0 Å². The molecular formula is C15H19NO3. The number of piperidine rings is 1. The average molecular weight is 261 g/mol. The van der Waals surface area contributed by atoms with E-state index < -0.39 is 5.92 Å². The number of ether oxygens (including phenoxy) is 1. The zero-order valence-electron chi connectivity index (χ0n) is 11.2. The standard InChI is InChI=1S/C15H19NO3/c1-2-19-15(18)13-9-6-10-16(14(13)17)11-12-7-4-3-5-8-12/h3-5,7-8,13H,2,6,9-11H2,1H3. The Morgan fingerprint density at radius 3 is 2.79 bits per heavy atom. The van der Waals surface area contributed by atoms with Gasteiger partial charge in [0.2, 0.25) is 5.91 Å². The van der Waals surface area contributed by atoms with Crippen LogP contribution < -0.4 is 0 Å². The molecule has 0 saturated carbocycles. The molecule has 1 fully saturated rings. The molecule has 0 radical (unpaired) electrons. The number of rotatable bonds is 4. The Morgan fingerprint density at radius 1 is 1.37 bits per heavy atom. The van der Waals surface area contributed by atoms with E-state index in [1.807, 2.05) is 30.3 Å². The molecule has 1 atom stereocenters. The number of hydrogen-bond donors (Lipinski definition) is 0. The second-order valence-corrected chi connectivity index (χ2v) is 4.69. The first kappa shape index (κ1) is 13.6. The third kappa shape index (κ3) is 3.34. The van der Waals surface area contributed by atoms with Crippen molar-refractivity contribution < 1.29 is 14.3 Å². The van der Waals surface area contributed by atoms with E-state index in [4.69, 9.17) is 4.74 Å². The fourth-order valence-electron chi connectivity index (χ4n) is 2.36. The highest BCUT2D eigenvalue weighted by Gasteiger charge is 2.34. The number of benzene rings is 1. The number of likely N-dealkylation sites (tertiary alicyclic amines) is 1. The summed E-state index contributed by atoms with van der Waals surface area (Å²) >= 11 is 0. The second-order valence-electron chi connectivity index (χ2n) is 4.69. The lowest BCUT2D eigenvalue weighted by Gasteiger charge is -2.31. The molecule has 102 valence electrons. The van der Waals surface area contributed by atoms with Gasteiger partial charge in [0.05, 0.1) is 6.61 Å². The molecular weight excluding hydrogens is 242 g/mol. The van der Waals surface area contributed by atoms with Gasteiger partial charge in [-0.1, -0.05) is 30.3 Å². The zero-order chi connectivity index (χ0) is 13.7. The summed E-state index contributed by atoms with van der Waals surface area (Å²) in [5.74, 6) is -1.10. The van der Waals surface area contributed by atoms with Crippen molar-refractivity contribution in [1.29, 1.82) is 0 Å². The van der Waals surface area contributed by atoms with E-state index in [1.54, 1.807) is 11.8 Å². The quantitative estimate of drug-likeness (QED) is 0.615. The van der Waals surface area contributed by atoms with Gasteiger partial charge in [-0.3, -0.25) is 9.59 Å². The van der Waals surface area contributed by atoms with E-state index in [-0.39, 0.29) is 11.9 Å². The number of hydrogen-bond acceptors (Lipinski definition) is 3. The van der Waals surface area contributed by atoms with Gasteiger partial charge in [0.15, 0.2) is 0 Å². The van der Waals surface area contributed by atoms with Crippen LogP contribution in [0.15, 0.2) is 30.3 Å². The molecule has 0 spiro atoms. The van der Waals surface area contributed by atoms with Crippen LogP contribution in [0.25, 0.3) is 0 Å². The molecule has 4 nitrogen and oxygen atoms in total. The van der Waals surface area contributed by atoms with Crippen LogP contribution in [0.5, 0.6) is 0 Å². The molecule has 0 bridgehead atoms. The predicted octanol–water partition coefficient (Wildman–Crippen LogP) is 1.99. The van der Waals surface area contributed by atoms with Crippen molar-refractivity contribution >= 4 is 11.9 Å². The first-order valence-corrected chi connectivity index (χ1v) is 6.71. The van der Waals surface area contributed by atoms with Crippen molar-refractivity contribution in [3.05, 3.63) is 35.9 Å². The molecule has 1 aromatic rings. The van der Waals surface area contributed by atoms with E-state index in [9.17, 15) is 9.59 Å². The summed E-state index contributed by atoms with van der Waals surface area (Å²) in [6.45, 7) is 3.35. The summed E-state index contributed by atoms with van der Waals surface area (Å²) in [5.41, 5.74) is 1.08. The van der Waals surface area contributed by atoms with Gasteiger partial charge in [-0.15, -0.1) is 0 Å². The minimum Gasteiger partial charge on any atom is -0.465 e. The number of amides is 1. The van der Waals surface area contributed by atoms with Crippen molar-refractivity contribution in [1.82, 2.24) is 4.90 Å². The van der Waals surface area contributed by atoms with Gasteiger partial charge in [-0.25, -0.2) is 0 Å². The minimum absolute atomic E-state index is 0.103. The molecule has 1 aliphatic rings. The molecule has 1 unspecified atom stereocenters. The molecule has 0 aliphatic carbocycles. The Hall–Kier alpha value is -1.84. The van der Waals surface area contributed by atoms with Gasteiger partial charge in [0.1, 0.15) is 5.92 Å². The Kier molecular flexibility index (Phi) is 4.55. The molecule has 1 saturated heterocycles. The first-order chi connectivity index (χ1) is 9.22. The van der Waals surface area contributed by atoms with Crippen molar-refractivity contribution in [3.8, 4) is 0 Å². The minimum atomic E-state index is -0.614. The van der Waals surface area contributed by atoms with Crippen molar-refractivity contribution in [3.63, 3.8) is 0 Å². The van der Waals surface area contributed by atoms with Crippen LogP contribution in [-0.4, -0.2) is 29.9 Å². The van der Waals surface area contributed by atoms with Crippen LogP contribution in [-0.2, 0) is 20.9 Å². The third-order valence-electron chi connectivity index (χ3n) is 3.32. The molecule has 1 amide bonds. The van der Waals surface area contributed by atoms with Gasteiger partial charge in [-0.2, -0.15) is 0 Å². The zero-order valence-corrected chi connectivity index (χ0v) is 11.2. The molecule has 1 aliphatic heterocycles. The summed E-state index contributed by atoms with van der Waals surface area (Å²) < 4.78 is 4.96. The third-order valence-corrected chi connectivity index (χ3v) is 3.32. The Bertz CT molecular complexity index is 444. The lowest BCUT2D eigenvalue weighted by Crippen LogP contribution is -2.44. The maximum Gasteiger partial charge on any atom is 0.318 e. The summed E-state index contributed by atoms with van der Waals surface area (Å²) in [4.78, 5) is 25.8. The predicted molar refractivity (Wildman–Crippen MR) is 71.2 cm³/mol. The molecule has 0 aromatic heterocycles. The second kappa shape index (κ2) is 6.36. The number of carbonyl (C=O) groups is 2. The van der Waals surface area contributed by atoms with Crippen molar-refractivity contribution in [2.24, 2.45) is 5.92 Å². The van der Waals surface area contributed by atoms with Gasteiger partial charge in [0, 0.05) is 13.1 Å². The van der Waals surface area contributed by atoms with E-state index >= 15 is 0 Å². The van der Waals surface area contributed by atoms with E-state index in [0.29, 0.717) is 26.1 Å². The van der Waals surface area contributed by atoms with Crippen molar-refractivity contribution in [2.75, 3.05) is 13.2 Å². The maximum atomic E-state index is 12.3. The first-order valence-electron chi connectivity index (χ1n) is 6.71. The fraction of sp³-hybridized carbons (Fsp3) is 0.467. The van der Waals surface area contributed by atoms with Crippen LogP contribution in [0, 0.1) is 5.92 Å². The molecule has 2 rings (SSSR count). The SMILES string of the molecule is CCOC(=O)C1CCCN(Cc2ccccc2)C1=O. The average Bonchev–Trinajstić information content (AvgIpc) is 2.42. The monoisotopic (exact) mass is 261 g/mol. The number of nitrogens with zero attached hydrogens (tertiary/aromatic N) is 1. The lowest BCUT2D eigenvalue weighted by molar-refractivity contribution is -0.158. The Labute approximate surface area is 113 Å². The normalized spacial score (nSPS) is 19.3. The topological polar surface area (TPSA) is 46.6 Å². The number of carbonyl (C=O) groups excluding carboxylic acids is 2. The van der Waals surface area contributed by atoms with Crippen LogP contribution in [0.4, 0.5) is 0 Å². The van der Waals surface area contributed by atoms with Crippen LogP contribution >= 0.6 is 0 Å².